The van der Waals surface area contributed by atoms with Crippen LogP contribution in [-0.2, 0) is 43.5 Å². The van der Waals surface area contributed by atoms with E-state index in [4.69, 9.17) is 23.7 Å². The van der Waals surface area contributed by atoms with Crippen LogP contribution in [0.25, 0.3) is 0 Å². The van der Waals surface area contributed by atoms with Crippen molar-refractivity contribution in [2.45, 2.75) is 63.7 Å². The number of hydrogen-bond acceptors (Lipinski definition) is 5. The molecule has 4 rings (SSSR count). The van der Waals surface area contributed by atoms with Crippen molar-refractivity contribution in [3.8, 4) is 0 Å². The Morgan fingerprint density at radius 3 is 1.70 bits per heavy atom. The zero-order valence-electron chi connectivity index (χ0n) is 21.5. The average molecular weight is 503 g/mol. The topological polar surface area (TPSA) is 46.2 Å². The molecule has 5 nitrogen and oxygen atoms in total. The number of ether oxygens (including phenoxy) is 5. The number of hydrogen-bond donors (Lipinski definition) is 0. The zero-order valence-corrected chi connectivity index (χ0v) is 21.5. The Labute approximate surface area is 221 Å². The second kappa shape index (κ2) is 15.5. The van der Waals surface area contributed by atoms with Gasteiger partial charge in [0.2, 0.25) is 0 Å². The first-order valence-corrected chi connectivity index (χ1v) is 13.1. The lowest BCUT2D eigenvalue weighted by Crippen LogP contribution is -2.56. The highest BCUT2D eigenvalue weighted by Gasteiger charge is 2.43. The Kier molecular flexibility index (Phi) is 11.4. The fourth-order valence-corrected chi connectivity index (χ4v) is 4.31. The maximum Gasteiger partial charge on any atom is 0.186 e. The van der Waals surface area contributed by atoms with Gasteiger partial charge in [0.1, 0.15) is 18.3 Å². The molecular formula is C32H38O5. The van der Waals surface area contributed by atoms with Crippen LogP contribution in [0.4, 0.5) is 0 Å². The lowest BCUT2D eigenvalue weighted by molar-refractivity contribution is -0.299. The lowest BCUT2D eigenvalue weighted by Gasteiger charge is -2.42. The molecule has 5 heteroatoms. The van der Waals surface area contributed by atoms with E-state index in [1.165, 1.54) is 0 Å². The fourth-order valence-electron chi connectivity index (χ4n) is 4.31. The van der Waals surface area contributed by atoms with E-state index in [9.17, 15) is 0 Å². The number of allylic oxidation sites excluding steroid dienone is 1. The van der Waals surface area contributed by atoms with Crippen molar-refractivity contribution in [1.29, 1.82) is 0 Å². The third-order valence-corrected chi connectivity index (χ3v) is 6.35. The van der Waals surface area contributed by atoms with Crippen molar-refractivity contribution in [3.05, 3.63) is 120 Å². The van der Waals surface area contributed by atoms with E-state index in [0.717, 1.165) is 36.0 Å². The Morgan fingerprint density at radius 2 is 1.16 bits per heavy atom. The minimum Gasteiger partial charge on any atom is -0.368 e. The van der Waals surface area contributed by atoms with Crippen molar-refractivity contribution in [2.75, 3.05) is 13.2 Å². The molecule has 3 aromatic carbocycles. The predicted octanol–water partition coefficient (Wildman–Crippen LogP) is 6.47. The highest BCUT2D eigenvalue weighted by atomic mass is 16.7. The van der Waals surface area contributed by atoms with Crippen LogP contribution >= 0.6 is 0 Å². The molecule has 4 atom stereocenters. The summed E-state index contributed by atoms with van der Waals surface area (Å²) in [6.45, 7) is 6.11. The quantitative estimate of drug-likeness (QED) is 0.176. The zero-order chi connectivity index (χ0) is 25.5. The van der Waals surface area contributed by atoms with Gasteiger partial charge in [0.15, 0.2) is 6.29 Å². The molecule has 1 aliphatic rings. The van der Waals surface area contributed by atoms with Gasteiger partial charge in [0.25, 0.3) is 0 Å². The standard InChI is InChI=1S/C32H38O5/c1-2-3-4-14-21-33-32-31(36-24-28-19-12-7-13-20-28)30(35-23-27-17-10-6-11-18-27)29(25-37-32)34-22-26-15-8-5-9-16-26/h2,5-13,15-20,29-32H,1,3-4,14,21-25H2/t29-,30+,31-,32-/m1/s1. The third-order valence-electron chi connectivity index (χ3n) is 6.35. The van der Waals surface area contributed by atoms with Crippen LogP contribution in [0.15, 0.2) is 104 Å². The van der Waals surface area contributed by atoms with Crippen LogP contribution in [0.1, 0.15) is 36.0 Å². The van der Waals surface area contributed by atoms with Gasteiger partial charge in [0.05, 0.1) is 26.4 Å². The van der Waals surface area contributed by atoms with Crippen LogP contribution in [0.5, 0.6) is 0 Å². The molecule has 0 bridgehead atoms. The molecule has 0 N–H and O–H groups in total. The molecule has 0 saturated carbocycles. The minimum absolute atomic E-state index is 0.301. The molecule has 0 aromatic heterocycles. The predicted molar refractivity (Wildman–Crippen MR) is 145 cm³/mol. The van der Waals surface area contributed by atoms with Gasteiger partial charge >= 0.3 is 0 Å². The van der Waals surface area contributed by atoms with Gasteiger partial charge in [-0.15, -0.1) is 6.58 Å². The SMILES string of the molecule is C=CCCCCO[C@@H]1OC[C@@H](OCc2ccccc2)[C@H](OCc2ccccc2)[C@H]1OCc1ccccc1. The minimum atomic E-state index is -0.537. The monoisotopic (exact) mass is 502 g/mol. The first-order chi connectivity index (χ1) is 18.3. The third kappa shape index (κ3) is 8.92. The number of rotatable bonds is 15. The van der Waals surface area contributed by atoms with Crippen LogP contribution in [0.2, 0.25) is 0 Å². The molecule has 1 saturated heterocycles. The number of unbranched alkanes of at least 4 members (excludes halogenated alkanes) is 2. The number of benzene rings is 3. The van der Waals surface area contributed by atoms with Gasteiger partial charge in [-0.25, -0.2) is 0 Å². The van der Waals surface area contributed by atoms with E-state index >= 15 is 0 Å². The van der Waals surface area contributed by atoms with Crippen molar-refractivity contribution in [3.63, 3.8) is 0 Å². The molecule has 1 heterocycles. The van der Waals surface area contributed by atoms with Gasteiger partial charge in [0, 0.05) is 6.61 Å². The van der Waals surface area contributed by atoms with E-state index in [2.05, 4.69) is 43.0 Å². The summed E-state index contributed by atoms with van der Waals surface area (Å²) < 4.78 is 31.8. The lowest BCUT2D eigenvalue weighted by atomic mass is 10.0. The van der Waals surface area contributed by atoms with Crippen LogP contribution in [0, 0.1) is 0 Å². The highest BCUT2D eigenvalue weighted by molar-refractivity contribution is 5.15. The van der Waals surface area contributed by atoms with Gasteiger partial charge in [-0.2, -0.15) is 0 Å². The summed E-state index contributed by atoms with van der Waals surface area (Å²) in [7, 11) is 0. The normalized spacial score (nSPS) is 21.5. The summed E-state index contributed by atoms with van der Waals surface area (Å²) >= 11 is 0. The fraction of sp³-hybridized carbons (Fsp3) is 0.375. The Hall–Kier alpha value is -2.80. The van der Waals surface area contributed by atoms with Crippen molar-refractivity contribution in [2.24, 2.45) is 0 Å². The smallest absolute Gasteiger partial charge is 0.186 e. The van der Waals surface area contributed by atoms with E-state index in [1.807, 2.05) is 60.7 Å². The summed E-state index contributed by atoms with van der Waals surface area (Å²) in [6.07, 6.45) is 3.22. The Morgan fingerprint density at radius 1 is 0.649 bits per heavy atom. The van der Waals surface area contributed by atoms with Crippen LogP contribution < -0.4 is 0 Å². The van der Waals surface area contributed by atoms with Crippen molar-refractivity contribution in [1.82, 2.24) is 0 Å². The molecule has 0 radical (unpaired) electrons. The highest BCUT2D eigenvalue weighted by Crippen LogP contribution is 2.27. The van der Waals surface area contributed by atoms with Gasteiger partial charge in [-0.05, 0) is 36.0 Å². The summed E-state index contributed by atoms with van der Waals surface area (Å²) in [6, 6.07) is 30.5. The Bertz CT molecular complexity index is 1010. The van der Waals surface area contributed by atoms with E-state index in [1.54, 1.807) is 0 Å². The second-order valence-electron chi connectivity index (χ2n) is 9.21. The largest absolute Gasteiger partial charge is 0.368 e. The molecule has 1 fully saturated rings. The summed E-state index contributed by atoms with van der Waals surface area (Å²) in [4.78, 5) is 0. The van der Waals surface area contributed by atoms with Gasteiger partial charge in [-0.3, -0.25) is 0 Å². The second-order valence-corrected chi connectivity index (χ2v) is 9.21. The molecule has 1 aliphatic heterocycles. The summed E-state index contributed by atoms with van der Waals surface area (Å²) in [5, 5.41) is 0. The summed E-state index contributed by atoms with van der Waals surface area (Å²) in [5.74, 6) is 0. The van der Waals surface area contributed by atoms with E-state index in [-0.39, 0.29) is 12.2 Å². The maximum absolute atomic E-state index is 6.52. The van der Waals surface area contributed by atoms with E-state index in [0.29, 0.717) is 33.0 Å². The van der Waals surface area contributed by atoms with Gasteiger partial charge in [-0.1, -0.05) is 97.1 Å². The van der Waals surface area contributed by atoms with Gasteiger partial charge < -0.3 is 23.7 Å². The molecule has 3 aromatic rings. The molecule has 196 valence electrons. The van der Waals surface area contributed by atoms with Crippen molar-refractivity contribution >= 4 is 0 Å². The van der Waals surface area contributed by atoms with Crippen molar-refractivity contribution < 1.29 is 23.7 Å². The van der Waals surface area contributed by atoms with Crippen LogP contribution in [-0.4, -0.2) is 37.8 Å². The molecule has 0 spiro atoms. The maximum atomic E-state index is 6.52. The van der Waals surface area contributed by atoms with E-state index < -0.39 is 12.4 Å². The summed E-state index contributed by atoms with van der Waals surface area (Å²) in [5.41, 5.74) is 3.28. The molecule has 37 heavy (non-hydrogen) atoms. The molecule has 0 amide bonds. The first kappa shape index (κ1) is 27.2. The molecular weight excluding hydrogens is 464 g/mol. The molecule has 0 aliphatic carbocycles. The van der Waals surface area contributed by atoms with Crippen LogP contribution in [0.3, 0.4) is 0 Å². The molecule has 0 unspecified atom stereocenters. The first-order valence-electron chi connectivity index (χ1n) is 13.1. The average Bonchev–Trinajstić information content (AvgIpc) is 2.96. The Balaban J connectivity index is 1.49.